The molecule has 5 heteroatoms. The number of aliphatic hydroxyl groups excluding tert-OH is 1. The summed E-state index contributed by atoms with van der Waals surface area (Å²) in [6, 6.07) is 7.83. The first-order valence-corrected chi connectivity index (χ1v) is 6.61. The molecular weight excluding hydrogens is 254 g/mol. The van der Waals surface area contributed by atoms with Crippen LogP contribution in [-0.2, 0) is 6.54 Å². The fraction of sp³-hybridized carbons (Fsp3) is 0.333. The van der Waals surface area contributed by atoms with Gasteiger partial charge in [-0.25, -0.2) is 4.68 Å². The van der Waals surface area contributed by atoms with Gasteiger partial charge in [-0.15, -0.1) is 5.10 Å². The van der Waals surface area contributed by atoms with Crippen LogP contribution in [0.3, 0.4) is 0 Å². The number of hydrogen-bond acceptors (Lipinski definition) is 4. The van der Waals surface area contributed by atoms with Crippen LogP contribution in [0.1, 0.15) is 35.9 Å². The molecule has 1 aliphatic rings. The summed E-state index contributed by atoms with van der Waals surface area (Å²) in [5.41, 5.74) is 3.62. The molecule has 20 heavy (non-hydrogen) atoms. The van der Waals surface area contributed by atoms with Crippen LogP contribution in [0.4, 0.5) is 0 Å². The lowest BCUT2D eigenvalue weighted by molar-refractivity contribution is 0.160. The number of aliphatic hydroxyl groups is 1. The number of ether oxygens (including phenoxy) is 1. The summed E-state index contributed by atoms with van der Waals surface area (Å²) in [6.45, 7) is 4.67. The quantitative estimate of drug-likeness (QED) is 0.929. The van der Waals surface area contributed by atoms with Gasteiger partial charge in [0.25, 0.3) is 0 Å². The highest BCUT2D eigenvalue weighted by Crippen LogP contribution is 2.34. The lowest BCUT2D eigenvalue weighted by Gasteiger charge is -2.19. The van der Waals surface area contributed by atoms with Crippen LogP contribution in [0.2, 0.25) is 0 Å². The van der Waals surface area contributed by atoms with Gasteiger partial charge in [0.15, 0.2) is 0 Å². The summed E-state index contributed by atoms with van der Waals surface area (Å²) in [7, 11) is 1.65. The van der Waals surface area contributed by atoms with Crippen molar-refractivity contribution in [1.29, 1.82) is 0 Å². The van der Waals surface area contributed by atoms with Gasteiger partial charge in [-0.2, -0.15) is 0 Å². The van der Waals surface area contributed by atoms with Crippen LogP contribution in [0.15, 0.2) is 30.8 Å². The van der Waals surface area contributed by atoms with E-state index in [2.05, 4.69) is 16.9 Å². The van der Waals surface area contributed by atoms with Crippen molar-refractivity contribution in [3.63, 3.8) is 0 Å². The molecule has 1 aliphatic carbocycles. The Balaban J connectivity index is 1.89. The van der Waals surface area contributed by atoms with E-state index in [9.17, 15) is 5.11 Å². The van der Waals surface area contributed by atoms with Crippen molar-refractivity contribution in [2.75, 3.05) is 7.11 Å². The topological polar surface area (TPSA) is 60.2 Å². The summed E-state index contributed by atoms with van der Waals surface area (Å²) < 4.78 is 6.95. The van der Waals surface area contributed by atoms with E-state index < -0.39 is 6.10 Å². The van der Waals surface area contributed by atoms with Gasteiger partial charge in [0, 0.05) is 0 Å². The molecule has 0 amide bonds. The van der Waals surface area contributed by atoms with Crippen molar-refractivity contribution >= 4 is 5.57 Å². The van der Waals surface area contributed by atoms with Gasteiger partial charge in [-0.1, -0.05) is 23.9 Å². The Bertz CT molecular complexity index is 631. The molecule has 0 bridgehead atoms. The normalized spacial score (nSPS) is 17.9. The molecule has 1 heterocycles. The van der Waals surface area contributed by atoms with Gasteiger partial charge in [0.2, 0.25) is 0 Å². The van der Waals surface area contributed by atoms with Crippen LogP contribution < -0.4 is 4.74 Å². The third-order valence-electron chi connectivity index (χ3n) is 3.62. The number of methoxy groups -OCH3 is 1. The number of allylic oxidation sites excluding steroid dienone is 1. The summed E-state index contributed by atoms with van der Waals surface area (Å²) in [4.78, 5) is 0. The zero-order valence-electron chi connectivity index (χ0n) is 11.4. The average Bonchev–Trinajstić information content (AvgIpc) is 2.89. The predicted molar refractivity (Wildman–Crippen MR) is 75.3 cm³/mol. The van der Waals surface area contributed by atoms with E-state index in [1.54, 1.807) is 7.11 Å². The molecule has 104 valence electrons. The Labute approximate surface area is 117 Å². The second-order valence-electron chi connectivity index (χ2n) is 4.99. The van der Waals surface area contributed by atoms with Crippen molar-refractivity contribution in [3.05, 3.63) is 47.8 Å². The Morgan fingerprint density at radius 3 is 2.85 bits per heavy atom. The fourth-order valence-electron chi connectivity index (χ4n) is 2.50. The Morgan fingerprint density at radius 1 is 1.40 bits per heavy atom. The smallest absolute Gasteiger partial charge is 0.119 e. The third kappa shape index (κ3) is 2.20. The second-order valence-corrected chi connectivity index (χ2v) is 4.99. The molecule has 0 radical (unpaired) electrons. The van der Waals surface area contributed by atoms with Gasteiger partial charge in [-0.05, 0) is 36.1 Å². The maximum Gasteiger partial charge on any atom is 0.119 e. The minimum Gasteiger partial charge on any atom is -0.497 e. The second kappa shape index (κ2) is 5.09. The van der Waals surface area contributed by atoms with Crippen molar-refractivity contribution < 1.29 is 9.84 Å². The number of fused-ring (bicyclic) bond motifs is 1. The number of hydrogen-bond donors (Lipinski definition) is 1. The van der Waals surface area contributed by atoms with Crippen LogP contribution in [-0.4, -0.2) is 27.2 Å². The fourth-order valence-corrected chi connectivity index (χ4v) is 2.50. The van der Waals surface area contributed by atoms with Crippen LogP contribution >= 0.6 is 0 Å². The van der Waals surface area contributed by atoms with Gasteiger partial charge < -0.3 is 9.84 Å². The predicted octanol–water partition coefficient (Wildman–Crippen LogP) is 2.18. The van der Waals surface area contributed by atoms with Gasteiger partial charge in [-0.3, -0.25) is 0 Å². The van der Waals surface area contributed by atoms with Crippen LogP contribution in [0.5, 0.6) is 5.75 Å². The molecule has 0 spiro atoms. The largest absolute Gasteiger partial charge is 0.497 e. The molecule has 1 N–H and O–H groups in total. The van der Waals surface area contributed by atoms with Crippen LogP contribution in [0.25, 0.3) is 5.57 Å². The number of rotatable bonds is 3. The van der Waals surface area contributed by atoms with E-state index in [-0.39, 0.29) is 0 Å². The zero-order chi connectivity index (χ0) is 14.1. The molecule has 1 aromatic carbocycles. The molecule has 1 atom stereocenters. The molecule has 1 aromatic heterocycles. The Hall–Kier alpha value is -2.14. The molecule has 0 unspecified atom stereocenters. The summed E-state index contributed by atoms with van der Waals surface area (Å²) in [6.07, 6.45) is 0.928. The standard InChI is InChI=1S/C15H17N3O2/c1-10-3-8-13(19)14-15(10)18(17-16-14)9-11-4-6-12(20-2)7-5-11/h4-7,13,19H,1,3,8-9H2,2H3/t13-/m1/s1. The van der Waals surface area contributed by atoms with Crippen LogP contribution in [0, 0.1) is 0 Å². The first-order chi connectivity index (χ1) is 9.69. The van der Waals surface area contributed by atoms with E-state index in [0.717, 1.165) is 29.0 Å². The molecule has 5 nitrogen and oxygen atoms in total. The number of aromatic nitrogens is 3. The first-order valence-electron chi connectivity index (χ1n) is 6.61. The van der Waals surface area contributed by atoms with E-state index in [1.165, 1.54) is 0 Å². The van der Waals surface area contributed by atoms with E-state index >= 15 is 0 Å². The summed E-state index contributed by atoms with van der Waals surface area (Å²) >= 11 is 0. The average molecular weight is 271 g/mol. The van der Waals surface area contributed by atoms with E-state index in [4.69, 9.17) is 4.74 Å². The minimum atomic E-state index is -0.528. The molecular formula is C15H17N3O2. The monoisotopic (exact) mass is 271 g/mol. The maximum absolute atomic E-state index is 9.95. The van der Waals surface area contributed by atoms with Gasteiger partial charge in [0.05, 0.1) is 19.3 Å². The van der Waals surface area contributed by atoms with Gasteiger partial charge >= 0.3 is 0 Å². The van der Waals surface area contributed by atoms with Gasteiger partial charge in [0.1, 0.15) is 17.5 Å². The molecule has 0 fully saturated rings. The summed E-state index contributed by atoms with van der Waals surface area (Å²) in [5.74, 6) is 0.828. The van der Waals surface area contributed by atoms with Crippen molar-refractivity contribution in [1.82, 2.24) is 15.0 Å². The molecule has 3 rings (SSSR count). The SMILES string of the molecule is C=C1CC[C@@H](O)c2nnn(Cc3ccc(OC)cc3)c21. The Morgan fingerprint density at radius 2 is 2.15 bits per heavy atom. The highest BCUT2D eigenvalue weighted by atomic mass is 16.5. The number of nitrogens with zero attached hydrogens (tertiary/aromatic N) is 3. The highest BCUT2D eigenvalue weighted by molar-refractivity contribution is 5.64. The maximum atomic E-state index is 9.95. The molecule has 2 aromatic rings. The summed E-state index contributed by atoms with van der Waals surface area (Å²) in [5, 5.41) is 18.2. The minimum absolute atomic E-state index is 0.528. The van der Waals surface area contributed by atoms with Crippen molar-refractivity contribution in [3.8, 4) is 5.75 Å². The zero-order valence-corrected chi connectivity index (χ0v) is 11.4. The lowest BCUT2D eigenvalue weighted by Crippen LogP contribution is -2.12. The molecule has 0 aliphatic heterocycles. The van der Waals surface area contributed by atoms with E-state index in [1.807, 2.05) is 28.9 Å². The molecule has 0 saturated carbocycles. The molecule has 0 saturated heterocycles. The lowest BCUT2D eigenvalue weighted by atomic mass is 9.94. The van der Waals surface area contributed by atoms with Crippen molar-refractivity contribution in [2.24, 2.45) is 0 Å². The third-order valence-corrected chi connectivity index (χ3v) is 3.62. The number of benzene rings is 1. The first kappa shape index (κ1) is 12.9. The van der Waals surface area contributed by atoms with E-state index in [0.29, 0.717) is 18.7 Å². The highest BCUT2D eigenvalue weighted by Gasteiger charge is 2.26. The Kier molecular flexibility index (Phi) is 3.28. The van der Waals surface area contributed by atoms with Crippen molar-refractivity contribution in [2.45, 2.75) is 25.5 Å².